The van der Waals surface area contributed by atoms with Gasteiger partial charge in [0.05, 0.1) is 0 Å². The van der Waals surface area contributed by atoms with Crippen molar-refractivity contribution in [3.63, 3.8) is 0 Å². The predicted molar refractivity (Wildman–Crippen MR) is 87.8 cm³/mol. The van der Waals surface area contributed by atoms with Crippen LogP contribution in [0.3, 0.4) is 0 Å². The number of aliphatic imine (C=N–C) groups is 1. The number of benzene rings is 2. The summed E-state index contributed by atoms with van der Waals surface area (Å²) in [6, 6.07) is 16.2. The van der Waals surface area contributed by atoms with E-state index in [4.69, 9.17) is 5.26 Å². The molecule has 3 rings (SSSR count). The summed E-state index contributed by atoms with van der Waals surface area (Å²) in [5.41, 5.74) is 0.893. The number of amidine groups is 1. The standard InChI is InChI=1S/C17H12FN3S/c18-14-7-5-12(6-8-14)9-16(20-11-19)21-17-10-13-3-1-2-4-15(13)22-17/h1-8,10H,9H2,(H,20,21). The number of thiophene rings is 1. The molecule has 0 spiro atoms. The summed E-state index contributed by atoms with van der Waals surface area (Å²) in [4.78, 5) is 4.51. The molecule has 3 aromatic rings. The molecule has 0 aliphatic heterocycles. The van der Waals surface area contributed by atoms with Crippen LogP contribution in [-0.4, -0.2) is 5.84 Å². The highest BCUT2D eigenvalue weighted by atomic mass is 32.1. The van der Waals surface area contributed by atoms with E-state index in [2.05, 4.69) is 10.3 Å². The third-order valence-electron chi connectivity index (χ3n) is 3.14. The van der Waals surface area contributed by atoms with Crippen molar-refractivity contribution in [1.82, 2.24) is 5.32 Å². The quantitative estimate of drug-likeness (QED) is 0.338. The molecule has 1 aromatic heterocycles. The van der Waals surface area contributed by atoms with Crippen LogP contribution in [0.5, 0.6) is 0 Å². The average molecular weight is 309 g/mol. The molecule has 0 saturated heterocycles. The van der Waals surface area contributed by atoms with Crippen molar-refractivity contribution < 1.29 is 4.39 Å². The summed E-state index contributed by atoms with van der Waals surface area (Å²) in [6.45, 7) is 0. The summed E-state index contributed by atoms with van der Waals surface area (Å²) in [5, 5.41) is 13.4. The molecule has 3 nitrogen and oxygen atoms in total. The SMILES string of the molecule is N#CN/C(Cc1ccc(F)cc1)=N\c1cc2ccccc2s1. The molecule has 0 fully saturated rings. The van der Waals surface area contributed by atoms with Crippen molar-refractivity contribution >= 4 is 32.3 Å². The second kappa shape index (κ2) is 6.37. The maximum atomic E-state index is 12.9. The number of nitriles is 1. The van der Waals surface area contributed by atoms with Gasteiger partial charge in [0, 0.05) is 11.1 Å². The van der Waals surface area contributed by atoms with Crippen molar-refractivity contribution in [2.75, 3.05) is 0 Å². The Morgan fingerprint density at radius 3 is 2.68 bits per heavy atom. The van der Waals surface area contributed by atoms with Crippen LogP contribution in [0.15, 0.2) is 59.6 Å². The molecule has 1 N–H and O–H groups in total. The molecule has 0 atom stereocenters. The Morgan fingerprint density at radius 2 is 1.95 bits per heavy atom. The van der Waals surface area contributed by atoms with E-state index in [1.807, 2.05) is 36.5 Å². The van der Waals surface area contributed by atoms with E-state index in [0.717, 1.165) is 20.7 Å². The van der Waals surface area contributed by atoms with Gasteiger partial charge in [-0.25, -0.2) is 9.38 Å². The van der Waals surface area contributed by atoms with Crippen molar-refractivity contribution in [2.45, 2.75) is 6.42 Å². The second-order valence-corrected chi connectivity index (χ2v) is 5.78. The lowest BCUT2D eigenvalue weighted by molar-refractivity contribution is 0.627. The Balaban J connectivity index is 1.89. The molecule has 108 valence electrons. The molecule has 22 heavy (non-hydrogen) atoms. The van der Waals surface area contributed by atoms with E-state index in [1.165, 1.54) is 12.1 Å². The first-order valence-electron chi connectivity index (χ1n) is 6.70. The molecule has 0 aliphatic rings. The van der Waals surface area contributed by atoms with Gasteiger partial charge < -0.3 is 0 Å². The molecular weight excluding hydrogens is 297 g/mol. The van der Waals surface area contributed by atoms with Gasteiger partial charge in [-0.1, -0.05) is 30.3 Å². The summed E-state index contributed by atoms with van der Waals surface area (Å²) < 4.78 is 14.1. The van der Waals surface area contributed by atoms with Gasteiger partial charge in [0.1, 0.15) is 16.7 Å². The van der Waals surface area contributed by atoms with E-state index < -0.39 is 0 Å². The normalized spacial score (nSPS) is 11.4. The number of fused-ring (bicyclic) bond motifs is 1. The van der Waals surface area contributed by atoms with E-state index in [9.17, 15) is 4.39 Å². The van der Waals surface area contributed by atoms with E-state index in [0.29, 0.717) is 12.3 Å². The van der Waals surface area contributed by atoms with Crippen LogP contribution in [-0.2, 0) is 6.42 Å². The fraction of sp³-hybridized carbons (Fsp3) is 0.0588. The van der Waals surface area contributed by atoms with E-state index in [1.54, 1.807) is 23.5 Å². The number of hydrogen-bond acceptors (Lipinski definition) is 3. The minimum atomic E-state index is -0.278. The van der Waals surface area contributed by atoms with E-state index >= 15 is 0 Å². The largest absolute Gasteiger partial charge is 0.280 e. The topological polar surface area (TPSA) is 48.2 Å². The molecule has 1 heterocycles. The van der Waals surface area contributed by atoms with Gasteiger partial charge >= 0.3 is 0 Å². The lowest BCUT2D eigenvalue weighted by atomic mass is 10.1. The molecule has 0 aliphatic carbocycles. The zero-order valence-electron chi connectivity index (χ0n) is 11.6. The molecule has 0 amide bonds. The van der Waals surface area contributed by atoms with Crippen LogP contribution < -0.4 is 5.32 Å². The summed E-state index contributed by atoms with van der Waals surface area (Å²) >= 11 is 1.57. The smallest absolute Gasteiger partial charge is 0.182 e. The maximum absolute atomic E-state index is 12.9. The van der Waals surface area contributed by atoms with Gasteiger partial charge in [-0.2, -0.15) is 5.26 Å². The summed E-state index contributed by atoms with van der Waals surface area (Å²) in [7, 11) is 0. The van der Waals surface area contributed by atoms with Gasteiger partial charge in [-0.3, -0.25) is 5.32 Å². The molecule has 0 radical (unpaired) electrons. The molecular formula is C17H12FN3S. The summed E-state index contributed by atoms with van der Waals surface area (Å²) in [6.07, 6.45) is 2.35. The number of halogens is 1. The molecule has 0 unspecified atom stereocenters. The Bertz CT molecular complexity index is 826. The van der Waals surface area contributed by atoms with Gasteiger partial charge in [-0.15, -0.1) is 11.3 Å². The van der Waals surface area contributed by atoms with Crippen LogP contribution in [0.1, 0.15) is 5.56 Å². The highest BCUT2D eigenvalue weighted by Gasteiger charge is 2.05. The van der Waals surface area contributed by atoms with Gasteiger partial charge in [0.15, 0.2) is 6.19 Å². The van der Waals surface area contributed by atoms with Crippen molar-refractivity contribution in [1.29, 1.82) is 5.26 Å². The number of rotatable bonds is 3. The van der Waals surface area contributed by atoms with Crippen molar-refractivity contribution in [3.8, 4) is 6.19 Å². The molecule has 2 aromatic carbocycles. The third kappa shape index (κ3) is 3.30. The third-order valence-corrected chi connectivity index (χ3v) is 4.15. The first-order valence-corrected chi connectivity index (χ1v) is 7.52. The van der Waals surface area contributed by atoms with Crippen LogP contribution in [0.2, 0.25) is 0 Å². The monoisotopic (exact) mass is 309 g/mol. The lowest BCUT2D eigenvalue weighted by Gasteiger charge is -2.03. The van der Waals surface area contributed by atoms with Gasteiger partial charge in [-0.05, 0) is 35.2 Å². The molecule has 0 saturated carbocycles. The number of nitrogens with one attached hydrogen (secondary N) is 1. The maximum Gasteiger partial charge on any atom is 0.182 e. The highest BCUT2D eigenvalue weighted by molar-refractivity contribution is 7.22. The van der Waals surface area contributed by atoms with Crippen molar-refractivity contribution in [2.24, 2.45) is 4.99 Å². The molecule has 0 bridgehead atoms. The Hall–Kier alpha value is -2.71. The first kappa shape index (κ1) is 14.2. The van der Waals surface area contributed by atoms with Crippen LogP contribution in [0.4, 0.5) is 9.39 Å². The fourth-order valence-electron chi connectivity index (χ4n) is 2.13. The van der Waals surface area contributed by atoms with Gasteiger partial charge in [0.2, 0.25) is 0 Å². The van der Waals surface area contributed by atoms with Crippen LogP contribution >= 0.6 is 11.3 Å². The fourth-order valence-corrected chi connectivity index (χ4v) is 3.09. The summed E-state index contributed by atoms with van der Waals surface area (Å²) in [5.74, 6) is 0.264. The number of hydrogen-bond donors (Lipinski definition) is 1. The van der Waals surface area contributed by atoms with Gasteiger partial charge in [0.25, 0.3) is 0 Å². The first-order chi connectivity index (χ1) is 10.7. The molecule has 5 heteroatoms. The minimum Gasteiger partial charge on any atom is -0.280 e. The number of nitrogens with zero attached hydrogens (tertiary/aromatic N) is 2. The minimum absolute atomic E-state index is 0.278. The highest BCUT2D eigenvalue weighted by Crippen LogP contribution is 2.31. The Labute approximate surface area is 131 Å². The predicted octanol–water partition coefficient (Wildman–Crippen LogP) is 4.38. The zero-order chi connectivity index (χ0) is 15.4. The average Bonchev–Trinajstić information content (AvgIpc) is 2.92. The van der Waals surface area contributed by atoms with Crippen LogP contribution in [0.25, 0.3) is 10.1 Å². The van der Waals surface area contributed by atoms with Crippen LogP contribution in [0, 0.1) is 17.3 Å². The Morgan fingerprint density at radius 1 is 1.18 bits per heavy atom. The zero-order valence-corrected chi connectivity index (χ0v) is 12.4. The second-order valence-electron chi connectivity index (χ2n) is 4.72. The Kier molecular flexibility index (Phi) is 4.12. The lowest BCUT2D eigenvalue weighted by Crippen LogP contribution is -2.19. The van der Waals surface area contributed by atoms with E-state index in [-0.39, 0.29) is 5.82 Å². The van der Waals surface area contributed by atoms with Crippen molar-refractivity contribution in [3.05, 3.63) is 66.0 Å².